The quantitative estimate of drug-likeness (QED) is 0.268. The number of aromatic nitrogens is 6. The third-order valence-electron chi connectivity index (χ3n) is 6.85. The van der Waals surface area contributed by atoms with Crippen LogP contribution in [0.3, 0.4) is 0 Å². The first-order chi connectivity index (χ1) is 19.9. The molecule has 1 unspecified atom stereocenters. The predicted molar refractivity (Wildman–Crippen MR) is 146 cm³/mol. The van der Waals surface area contributed by atoms with Gasteiger partial charge < -0.3 is 10.4 Å². The first-order valence-corrected chi connectivity index (χ1v) is 12.8. The van der Waals surface area contributed by atoms with Gasteiger partial charge in [0.1, 0.15) is 41.4 Å². The smallest absolute Gasteiger partial charge is 0.137 e. The van der Waals surface area contributed by atoms with Crippen LogP contribution in [0.5, 0.6) is 0 Å². The average molecular weight is 556 g/mol. The number of rotatable bonds is 9. The molecule has 4 heterocycles. The van der Waals surface area contributed by atoms with E-state index in [4.69, 9.17) is 5.10 Å². The maximum Gasteiger partial charge on any atom is 0.137 e. The molecule has 0 bridgehead atoms. The number of aliphatic hydroxyl groups is 1. The highest BCUT2D eigenvalue weighted by Crippen LogP contribution is 2.35. The van der Waals surface area contributed by atoms with Crippen molar-refractivity contribution in [1.82, 2.24) is 34.7 Å². The zero-order chi connectivity index (χ0) is 28.4. The second kappa shape index (κ2) is 11.0. The maximum atomic E-state index is 14.7. The summed E-state index contributed by atoms with van der Waals surface area (Å²) < 4.78 is 45.1. The van der Waals surface area contributed by atoms with Crippen LogP contribution in [-0.4, -0.2) is 41.0 Å². The highest BCUT2D eigenvalue weighted by atomic mass is 19.1. The predicted octanol–water partition coefficient (Wildman–Crippen LogP) is 4.75. The Morgan fingerprint density at radius 3 is 2.37 bits per heavy atom. The average Bonchev–Trinajstić information content (AvgIpc) is 3.61. The summed E-state index contributed by atoms with van der Waals surface area (Å²) >= 11 is 0. The van der Waals surface area contributed by atoms with Crippen molar-refractivity contribution in [3.8, 4) is 22.4 Å². The van der Waals surface area contributed by atoms with Gasteiger partial charge in [-0.1, -0.05) is 12.1 Å². The van der Waals surface area contributed by atoms with E-state index in [1.54, 1.807) is 29.0 Å². The van der Waals surface area contributed by atoms with Crippen molar-refractivity contribution in [2.75, 3.05) is 6.54 Å². The van der Waals surface area contributed by atoms with Gasteiger partial charge in [-0.2, -0.15) is 10.2 Å². The summed E-state index contributed by atoms with van der Waals surface area (Å²) in [5.41, 5.74) is 3.13. The van der Waals surface area contributed by atoms with Gasteiger partial charge in [0, 0.05) is 54.4 Å². The van der Waals surface area contributed by atoms with Gasteiger partial charge >= 0.3 is 0 Å². The van der Waals surface area contributed by atoms with E-state index in [1.165, 1.54) is 35.5 Å². The van der Waals surface area contributed by atoms with Crippen LogP contribution in [0.2, 0.25) is 0 Å². The monoisotopic (exact) mass is 555 g/mol. The molecule has 4 aromatic heterocycles. The van der Waals surface area contributed by atoms with Gasteiger partial charge in [0.15, 0.2) is 0 Å². The van der Waals surface area contributed by atoms with Crippen LogP contribution in [0.15, 0.2) is 98.0 Å². The standard InChI is InChI=1S/C30H24F3N7O/c31-23-4-2-22(3-5-23)29-28(21-9-11-34-12-10-21)27-8-1-20(15-40(27)38-29)14-35-16-30(41,17-39-19-36-18-37-39)25-7-6-24(32)13-26(25)33/h1-13,15,18-19,35,41H,14,16-17H2. The molecule has 2 N–H and O–H groups in total. The summed E-state index contributed by atoms with van der Waals surface area (Å²) in [7, 11) is 0. The van der Waals surface area contributed by atoms with Crippen molar-refractivity contribution in [3.63, 3.8) is 0 Å². The summed E-state index contributed by atoms with van der Waals surface area (Å²) in [5, 5.41) is 23.6. The fraction of sp³-hybridized carbons (Fsp3) is 0.133. The van der Waals surface area contributed by atoms with Gasteiger partial charge in [-0.3, -0.25) is 4.98 Å². The number of hydrogen-bond acceptors (Lipinski definition) is 6. The lowest BCUT2D eigenvalue weighted by Gasteiger charge is -2.29. The van der Waals surface area contributed by atoms with E-state index in [0.29, 0.717) is 12.2 Å². The van der Waals surface area contributed by atoms with Crippen LogP contribution in [0.4, 0.5) is 13.2 Å². The Morgan fingerprint density at radius 1 is 0.854 bits per heavy atom. The Kier molecular flexibility index (Phi) is 7.04. The normalized spacial score (nSPS) is 13.0. The van der Waals surface area contributed by atoms with Crippen molar-refractivity contribution >= 4 is 5.52 Å². The molecule has 11 heteroatoms. The molecule has 1 atom stereocenters. The molecule has 0 saturated carbocycles. The second-order valence-electron chi connectivity index (χ2n) is 9.69. The molecule has 2 aromatic carbocycles. The van der Waals surface area contributed by atoms with E-state index < -0.39 is 17.2 Å². The van der Waals surface area contributed by atoms with E-state index in [0.717, 1.165) is 39.9 Å². The zero-order valence-electron chi connectivity index (χ0n) is 21.6. The lowest BCUT2D eigenvalue weighted by molar-refractivity contribution is 0.0117. The van der Waals surface area contributed by atoms with Crippen molar-refractivity contribution in [2.24, 2.45) is 0 Å². The topological polar surface area (TPSA) is 93.2 Å². The van der Waals surface area contributed by atoms with Gasteiger partial charge in [0.05, 0.1) is 12.1 Å². The molecule has 0 aliphatic heterocycles. The molecule has 0 spiro atoms. The van der Waals surface area contributed by atoms with Crippen LogP contribution in [0, 0.1) is 17.5 Å². The molecular formula is C30H24F3N7O. The highest BCUT2D eigenvalue weighted by molar-refractivity contribution is 5.92. The van der Waals surface area contributed by atoms with Crippen molar-refractivity contribution in [1.29, 1.82) is 0 Å². The molecule has 0 aliphatic rings. The lowest BCUT2D eigenvalue weighted by Crippen LogP contribution is -2.42. The Bertz CT molecular complexity index is 1790. The van der Waals surface area contributed by atoms with Gasteiger partial charge in [-0.05, 0) is 59.7 Å². The SMILES string of the molecule is OC(CNCc1ccc2c(-c3ccncc3)c(-c3ccc(F)cc3)nn2c1)(Cn1cncn1)c1ccc(F)cc1F. The molecule has 0 radical (unpaired) electrons. The van der Waals surface area contributed by atoms with Crippen LogP contribution < -0.4 is 5.32 Å². The number of hydrogen-bond donors (Lipinski definition) is 2. The first kappa shape index (κ1) is 26.4. The molecule has 6 rings (SSSR count). The van der Waals surface area contributed by atoms with Crippen LogP contribution >= 0.6 is 0 Å². The van der Waals surface area contributed by atoms with Crippen LogP contribution in [0.1, 0.15) is 11.1 Å². The highest BCUT2D eigenvalue weighted by Gasteiger charge is 2.33. The number of halogens is 3. The summed E-state index contributed by atoms with van der Waals surface area (Å²) in [4.78, 5) is 8.00. The molecule has 0 fully saturated rings. The summed E-state index contributed by atoms with van der Waals surface area (Å²) in [6.45, 7) is 0.154. The third kappa shape index (κ3) is 5.45. The Hall–Kier alpha value is -4.87. The fourth-order valence-corrected chi connectivity index (χ4v) is 4.91. The van der Waals surface area contributed by atoms with Gasteiger partial charge in [-0.15, -0.1) is 0 Å². The number of pyridine rings is 2. The summed E-state index contributed by atoms with van der Waals surface area (Å²) in [5.74, 6) is -1.93. The Morgan fingerprint density at radius 2 is 1.63 bits per heavy atom. The molecule has 0 amide bonds. The van der Waals surface area contributed by atoms with Crippen molar-refractivity contribution < 1.29 is 18.3 Å². The number of nitrogens with zero attached hydrogens (tertiary/aromatic N) is 6. The fourth-order valence-electron chi connectivity index (χ4n) is 4.91. The van der Waals surface area contributed by atoms with E-state index in [9.17, 15) is 18.3 Å². The van der Waals surface area contributed by atoms with E-state index in [2.05, 4.69) is 20.4 Å². The van der Waals surface area contributed by atoms with Gasteiger partial charge in [-0.25, -0.2) is 27.4 Å². The number of benzene rings is 2. The Labute approximate surface area is 232 Å². The number of fused-ring (bicyclic) bond motifs is 1. The third-order valence-corrected chi connectivity index (χ3v) is 6.85. The summed E-state index contributed by atoms with van der Waals surface area (Å²) in [6.07, 6.45) is 7.99. The van der Waals surface area contributed by atoms with Crippen molar-refractivity contribution in [3.05, 3.63) is 127 Å². The lowest BCUT2D eigenvalue weighted by atomic mass is 9.92. The summed E-state index contributed by atoms with van der Waals surface area (Å²) in [6, 6.07) is 16.9. The van der Waals surface area contributed by atoms with E-state index in [-0.39, 0.29) is 24.5 Å². The molecule has 41 heavy (non-hydrogen) atoms. The van der Waals surface area contributed by atoms with Gasteiger partial charge in [0.25, 0.3) is 0 Å². The van der Waals surface area contributed by atoms with Crippen LogP contribution in [0.25, 0.3) is 27.9 Å². The van der Waals surface area contributed by atoms with Crippen LogP contribution in [-0.2, 0) is 18.7 Å². The minimum absolute atomic E-state index is 0.0599. The molecular weight excluding hydrogens is 531 g/mol. The minimum Gasteiger partial charge on any atom is -0.382 e. The van der Waals surface area contributed by atoms with Crippen molar-refractivity contribution in [2.45, 2.75) is 18.7 Å². The first-order valence-electron chi connectivity index (χ1n) is 12.8. The molecule has 0 aliphatic carbocycles. The van der Waals surface area contributed by atoms with E-state index in [1.807, 2.05) is 30.5 Å². The molecule has 8 nitrogen and oxygen atoms in total. The maximum absolute atomic E-state index is 14.7. The second-order valence-corrected chi connectivity index (χ2v) is 9.69. The van der Waals surface area contributed by atoms with E-state index >= 15 is 0 Å². The molecule has 0 saturated heterocycles. The molecule has 6 aromatic rings. The molecule has 206 valence electrons. The van der Waals surface area contributed by atoms with Gasteiger partial charge in [0.2, 0.25) is 0 Å². The minimum atomic E-state index is -1.74. The zero-order valence-corrected chi connectivity index (χ0v) is 21.6. The largest absolute Gasteiger partial charge is 0.382 e. The number of nitrogens with one attached hydrogen (secondary N) is 1. The Balaban J connectivity index is 1.29.